The summed E-state index contributed by atoms with van der Waals surface area (Å²) in [6, 6.07) is -0.0590. The van der Waals surface area contributed by atoms with Gasteiger partial charge in [0, 0.05) is 12.6 Å². The first-order valence-electron chi connectivity index (χ1n) is 5.69. The fourth-order valence-corrected chi connectivity index (χ4v) is 1.67. The predicted molar refractivity (Wildman–Crippen MR) is 72.8 cm³/mol. The highest BCUT2D eigenvalue weighted by atomic mass is 79.9. The SMILES string of the molecule is CC(CC(=N)C(=O)OC(C)(C)C)n1cc(Br)cn1. The van der Waals surface area contributed by atoms with Gasteiger partial charge in [0.2, 0.25) is 0 Å². The molecule has 1 atom stereocenters. The number of carbonyl (C=O) groups excluding carboxylic acids is 1. The van der Waals surface area contributed by atoms with Crippen molar-refractivity contribution in [1.82, 2.24) is 9.78 Å². The Hall–Kier alpha value is -1.17. The lowest BCUT2D eigenvalue weighted by Gasteiger charge is -2.20. The highest BCUT2D eigenvalue weighted by molar-refractivity contribution is 9.10. The summed E-state index contributed by atoms with van der Waals surface area (Å²) in [4.78, 5) is 11.6. The maximum Gasteiger partial charge on any atom is 0.352 e. The lowest BCUT2D eigenvalue weighted by Crippen LogP contribution is -2.29. The fraction of sp³-hybridized carbons (Fsp3) is 0.583. The Kier molecular flexibility index (Phi) is 4.67. The van der Waals surface area contributed by atoms with Gasteiger partial charge < -0.3 is 4.74 Å². The maximum absolute atomic E-state index is 11.6. The molecule has 0 saturated carbocycles. The van der Waals surface area contributed by atoms with E-state index in [4.69, 9.17) is 10.1 Å². The first-order chi connectivity index (χ1) is 8.19. The van der Waals surface area contributed by atoms with E-state index in [-0.39, 0.29) is 11.8 Å². The average Bonchev–Trinajstić information content (AvgIpc) is 2.62. The summed E-state index contributed by atoms with van der Waals surface area (Å²) in [6.45, 7) is 7.25. The second-order valence-electron chi connectivity index (χ2n) is 5.17. The standard InChI is InChI=1S/C12H18BrN3O2/c1-8(16-7-9(13)6-15-16)5-10(14)11(17)18-12(2,3)4/h6-8,14H,5H2,1-4H3. The average molecular weight is 316 g/mol. The van der Waals surface area contributed by atoms with Crippen molar-refractivity contribution in [2.75, 3.05) is 0 Å². The smallest absolute Gasteiger partial charge is 0.352 e. The molecular formula is C12H18BrN3O2. The summed E-state index contributed by atoms with van der Waals surface area (Å²) < 4.78 is 7.72. The minimum absolute atomic E-state index is 0.0379. The van der Waals surface area contributed by atoms with Crippen molar-refractivity contribution in [3.8, 4) is 0 Å². The van der Waals surface area contributed by atoms with Crippen molar-refractivity contribution in [3.63, 3.8) is 0 Å². The van der Waals surface area contributed by atoms with E-state index in [0.29, 0.717) is 6.42 Å². The van der Waals surface area contributed by atoms with Crippen LogP contribution in [-0.2, 0) is 9.53 Å². The Bertz CT molecular complexity index is 448. The summed E-state index contributed by atoms with van der Waals surface area (Å²) in [5.41, 5.74) is -0.606. The molecule has 0 fully saturated rings. The third kappa shape index (κ3) is 4.60. The summed E-state index contributed by atoms with van der Waals surface area (Å²) in [5, 5.41) is 11.9. The molecule has 5 nitrogen and oxygen atoms in total. The number of carbonyl (C=O) groups is 1. The number of halogens is 1. The Morgan fingerprint density at radius 3 is 2.67 bits per heavy atom. The van der Waals surface area contributed by atoms with Crippen molar-refractivity contribution in [1.29, 1.82) is 5.41 Å². The molecule has 0 saturated heterocycles. The van der Waals surface area contributed by atoms with Crippen molar-refractivity contribution >= 4 is 27.6 Å². The number of rotatable bonds is 4. The minimum atomic E-state index is -0.569. The number of nitrogens with zero attached hydrogens (tertiary/aromatic N) is 2. The molecule has 6 heteroatoms. The van der Waals surface area contributed by atoms with Crippen LogP contribution in [0.3, 0.4) is 0 Å². The van der Waals surface area contributed by atoms with Gasteiger partial charge in [-0.3, -0.25) is 10.1 Å². The van der Waals surface area contributed by atoms with Gasteiger partial charge in [-0.05, 0) is 43.6 Å². The van der Waals surface area contributed by atoms with Gasteiger partial charge in [-0.1, -0.05) is 0 Å². The van der Waals surface area contributed by atoms with E-state index in [1.807, 2.05) is 13.1 Å². The molecule has 1 heterocycles. The summed E-state index contributed by atoms with van der Waals surface area (Å²) in [7, 11) is 0. The largest absolute Gasteiger partial charge is 0.456 e. The molecule has 1 aromatic rings. The molecule has 1 rings (SSSR count). The molecular weight excluding hydrogens is 298 g/mol. The highest BCUT2D eigenvalue weighted by Gasteiger charge is 2.22. The van der Waals surface area contributed by atoms with Gasteiger partial charge >= 0.3 is 5.97 Å². The van der Waals surface area contributed by atoms with Crippen LogP contribution in [0.5, 0.6) is 0 Å². The minimum Gasteiger partial charge on any atom is -0.456 e. The molecule has 0 bridgehead atoms. The molecule has 1 unspecified atom stereocenters. The fourth-order valence-electron chi connectivity index (χ4n) is 1.37. The molecule has 0 spiro atoms. The van der Waals surface area contributed by atoms with E-state index >= 15 is 0 Å². The van der Waals surface area contributed by atoms with Gasteiger partial charge in [-0.15, -0.1) is 0 Å². The first-order valence-corrected chi connectivity index (χ1v) is 6.49. The monoisotopic (exact) mass is 315 g/mol. The Labute approximate surface area is 115 Å². The molecule has 1 N–H and O–H groups in total. The third-order valence-electron chi connectivity index (χ3n) is 2.17. The van der Waals surface area contributed by atoms with Crippen LogP contribution < -0.4 is 0 Å². The van der Waals surface area contributed by atoms with Crippen molar-refractivity contribution < 1.29 is 9.53 Å². The first kappa shape index (κ1) is 14.9. The van der Waals surface area contributed by atoms with Crippen LogP contribution in [0.2, 0.25) is 0 Å². The summed E-state index contributed by atoms with van der Waals surface area (Å²) >= 11 is 3.31. The number of ether oxygens (including phenoxy) is 1. The zero-order valence-corrected chi connectivity index (χ0v) is 12.6. The molecule has 0 aliphatic rings. The topological polar surface area (TPSA) is 68.0 Å². The molecule has 0 radical (unpaired) electrons. The summed E-state index contributed by atoms with van der Waals surface area (Å²) in [5.74, 6) is -0.569. The van der Waals surface area contributed by atoms with E-state index in [1.165, 1.54) is 0 Å². The van der Waals surface area contributed by atoms with Crippen LogP contribution in [0.1, 0.15) is 40.2 Å². The zero-order valence-electron chi connectivity index (χ0n) is 11.0. The molecule has 0 amide bonds. The van der Waals surface area contributed by atoms with Gasteiger partial charge in [-0.25, -0.2) is 4.79 Å². The van der Waals surface area contributed by atoms with Crippen LogP contribution in [0, 0.1) is 5.41 Å². The Morgan fingerprint density at radius 2 is 2.22 bits per heavy atom. The quantitative estimate of drug-likeness (QED) is 0.686. The van der Waals surface area contributed by atoms with Crippen LogP contribution in [-0.4, -0.2) is 27.1 Å². The second-order valence-corrected chi connectivity index (χ2v) is 6.09. The normalized spacial score (nSPS) is 13.2. The van der Waals surface area contributed by atoms with Gasteiger partial charge in [0.1, 0.15) is 11.3 Å². The second kappa shape index (κ2) is 5.65. The van der Waals surface area contributed by atoms with E-state index in [9.17, 15) is 4.79 Å². The van der Waals surface area contributed by atoms with Gasteiger partial charge in [0.15, 0.2) is 0 Å². The molecule has 1 aromatic heterocycles. The molecule has 100 valence electrons. The number of hydrogen-bond donors (Lipinski definition) is 1. The Balaban J connectivity index is 2.57. The van der Waals surface area contributed by atoms with Crippen LogP contribution >= 0.6 is 15.9 Å². The number of aromatic nitrogens is 2. The van der Waals surface area contributed by atoms with Crippen LogP contribution in [0.15, 0.2) is 16.9 Å². The molecule has 0 aromatic carbocycles. The van der Waals surface area contributed by atoms with Gasteiger partial charge in [0.05, 0.1) is 16.7 Å². The maximum atomic E-state index is 11.6. The van der Waals surface area contributed by atoms with Crippen LogP contribution in [0.25, 0.3) is 0 Å². The summed E-state index contributed by atoms with van der Waals surface area (Å²) in [6.07, 6.45) is 3.78. The van der Waals surface area contributed by atoms with Gasteiger partial charge in [0.25, 0.3) is 0 Å². The molecule has 0 aliphatic carbocycles. The highest BCUT2D eigenvalue weighted by Crippen LogP contribution is 2.16. The van der Waals surface area contributed by atoms with Crippen molar-refractivity contribution in [2.24, 2.45) is 0 Å². The number of esters is 1. The molecule has 18 heavy (non-hydrogen) atoms. The van der Waals surface area contributed by atoms with E-state index in [2.05, 4.69) is 21.0 Å². The lowest BCUT2D eigenvalue weighted by molar-refractivity contribution is -0.146. The van der Waals surface area contributed by atoms with E-state index in [1.54, 1.807) is 31.6 Å². The predicted octanol–water partition coefficient (Wildman–Crippen LogP) is 2.96. The van der Waals surface area contributed by atoms with Crippen molar-refractivity contribution in [2.45, 2.75) is 45.8 Å². The number of nitrogens with one attached hydrogen (secondary N) is 1. The van der Waals surface area contributed by atoms with Gasteiger partial charge in [-0.2, -0.15) is 5.10 Å². The van der Waals surface area contributed by atoms with E-state index in [0.717, 1.165) is 4.47 Å². The number of hydrogen-bond acceptors (Lipinski definition) is 4. The molecule has 0 aliphatic heterocycles. The van der Waals surface area contributed by atoms with Crippen LogP contribution in [0.4, 0.5) is 0 Å². The third-order valence-corrected chi connectivity index (χ3v) is 2.58. The Morgan fingerprint density at radius 1 is 1.61 bits per heavy atom. The van der Waals surface area contributed by atoms with E-state index < -0.39 is 11.6 Å². The van der Waals surface area contributed by atoms with Crippen molar-refractivity contribution in [3.05, 3.63) is 16.9 Å². The zero-order chi connectivity index (χ0) is 13.9. The lowest BCUT2D eigenvalue weighted by atomic mass is 10.1.